The van der Waals surface area contributed by atoms with Crippen LogP contribution in [0.25, 0.3) is 11.3 Å². The zero-order valence-electron chi connectivity index (χ0n) is 8.45. The van der Waals surface area contributed by atoms with Crippen molar-refractivity contribution in [3.63, 3.8) is 0 Å². The van der Waals surface area contributed by atoms with Crippen molar-refractivity contribution in [2.75, 3.05) is 6.26 Å². The van der Waals surface area contributed by atoms with Gasteiger partial charge in [-0.2, -0.15) is 0 Å². The van der Waals surface area contributed by atoms with Crippen LogP contribution in [0.5, 0.6) is 0 Å². The van der Waals surface area contributed by atoms with E-state index in [1.165, 1.54) is 10.5 Å². The summed E-state index contributed by atoms with van der Waals surface area (Å²) in [6.07, 6.45) is 3.66. The van der Waals surface area contributed by atoms with Crippen LogP contribution in [0.4, 0.5) is 0 Å². The highest BCUT2D eigenvalue weighted by atomic mass is 79.9. The summed E-state index contributed by atoms with van der Waals surface area (Å²) in [6, 6.07) is 6.03. The van der Waals surface area contributed by atoms with Crippen LogP contribution in [0.1, 0.15) is 5.56 Å². The fourth-order valence-electron chi connectivity index (χ4n) is 1.49. The van der Waals surface area contributed by atoms with Crippen molar-refractivity contribution in [2.45, 2.75) is 11.8 Å². The maximum Gasteiger partial charge on any atom is 0.124 e. The van der Waals surface area contributed by atoms with Gasteiger partial charge in [0.05, 0.1) is 0 Å². The van der Waals surface area contributed by atoms with Gasteiger partial charge in [0.2, 0.25) is 0 Å². The molecule has 78 valence electrons. The molecule has 4 heteroatoms. The summed E-state index contributed by atoms with van der Waals surface area (Å²) in [7, 11) is 0. The van der Waals surface area contributed by atoms with Crippen LogP contribution in [0.3, 0.4) is 0 Å². The summed E-state index contributed by atoms with van der Waals surface area (Å²) >= 11 is 5.24. The Balaban J connectivity index is 2.67. The number of rotatable bonds is 2. The Labute approximate surface area is 101 Å². The molecule has 2 rings (SSSR count). The first kappa shape index (κ1) is 10.8. The first-order valence-corrected chi connectivity index (χ1v) is 6.49. The molecule has 0 spiro atoms. The highest BCUT2D eigenvalue weighted by Gasteiger charge is 2.12. The van der Waals surface area contributed by atoms with Gasteiger partial charge in [-0.1, -0.05) is 21.1 Å². The van der Waals surface area contributed by atoms with Gasteiger partial charge in [0.25, 0.3) is 0 Å². The maximum absolute atomic E-state index is 4.89. The third-order valence-corrected chi connectivity index (χ3v) is 3.91. The molecule has 0 saturated heterocycles. The molecule has 0 N–H and O–H groups in total. The van der Waals surface area contributed by atoms with Gasteiger partial charge in [0, 0.05) is 21.0 Å². The van der Waals surface area contributed by atoms with E-state index >= 15 is 0 Å². The van der Waals surface area contributed by atoms with Crippen LogP contribution in [0.2, 0.25) is 0 Å². The van der Waals surface area contributed by atoms with Crippen molar-refractivity contribution in [2.24, 2.45) is 0 Å². The van der Waals surface area contributed by atoms with Crippen molar-refractivity contribution in [1.82, 2.24) is 5.16 Å². The molecule has 0 atom stereocenters. The van der Waals surface area contributed by atoms with Gasteiger partial charge >= 0.3 is 0 Å². The molecule has 0 fully saturated rings. The van der Waals surface area contributed by atoms with E-state index in [9.17, 15) is 0 Å². The molecule has 1 heterocycles. The molecule has 1 aromatic heterocycles. The van der Waals surface area contributed by atoms with E-state index in [1.54, 1.807) is 18.0 Å². The zero-order chi connectivity index (χ0) is 10.8. The predicted octanol–water partition coefficient (Wildman–Crippen LogP) is 4.13. The van der Waals surface area contributed by atoms with Crippen molar-refractivity contribution in [1.29, 1.82) is 0 Å². The average molecular weight is 284 g/mol. The fraction of sp³-hybridized carbons (Fsp3) is 0.182. The number of benzene rings is 1. The Morgan fingerprint density at radius 1 is 1.33 bits per heavy atom. The van der Waals surface area contributed by atoms with E-state index in [-0.39, 0.29) is 0 Å². The van der Waals surface area contributed by atoms with E-state index in [4.69, 9.17) is 4.52 Å². The highest BCUT2D eigenvalue weighted by Crippen LogP contribution is 2.35. The van der Waals surface area contributed by atoms with E-state index < -0.39 is 0 Å². The lowest BCUT2D eigenvalue weighted by molar-refractivity contribution is 0.422. The van der Waals surface area contributed by atoms with Gasteiger partial charge in [-0.3, -0.25) is 0 Å². The summed E-state index contributed by atoms with van der Waals surface area (Å²) in [5.74, 6) is 0. The van der Waals surface area contributed by atoms with Crippen molar-refractivity contribution < 1.29 is 4.52 Å². The largest absolute Gasteiger partial charge is 0.364 e. The van der Waals surface area contributed by atoms with Crippen molar-refractivity contribution >= 4 is 27.7 Å². The summed E-state index contributed by atoms with van der Waals surface area (Å²) < 4.78 is 5.98. The average Bonchev–Trinajstić information content (AvgIpc) is 2.75. The molecule has 0 saturated carbocycles. The Morgan fingerprint density at radius 2 is 2.13 bits per heavy atom. The van der Waals surface area contributed by atoms with Gasteiger partial charge in [0.1, 0.15) is 12.0 Å². The second-order valence-electron chi connectivity index (χ2n) is 3.13. The van der Waals surface area contributed by atoms with E-state index in [0.29, 0.717) is 0 Å². The summed E-state index contributed by atoms with van der Waals surface area (Å²) in [6.45, 7) is 2.08. The fourth-order valence-corrected chi connectivity index (χ4v) is 2.49. The molecule has 15 heavy (non-hydrogen) atoms. The smallest absolute Gasteiger partial charge is 0.124 e. The summed E-state index contributed by atoms with van der Waals surface area (Å²) in [5.41, 5.74) is 3.22. The number of hydrogen-bond donors (Lipinski definition) is 0. The molecule has 2 nitrogen and oxygen atoms in total. The zero-order valence-corrected chi connectivity index (χ0v) is 10.9. The van der Waals surface area contributed by atoms with Crippen molar-refractivity contribution in [3.8, 4) is 11.3 Å². The molecule has 2 aromatic rings. The molecule has 0 amide bonds. The van der Waals surface area contributed by atoms with Crippen molar-refractivity contribution in [3.05, 3.63) is 34.5 Å². The Morgan fingerprint density at radius 3 is 2.73 bits per heavy atom. The minimum Gasteiger partial charge on any atom is -0.364 e. The maximum atomic E-state index is 4.89. The molecule has 0 aliphatic rings. The molecular weight excluding hydrogens is 274 g/mol. The SMILES string of the molecule is CSc1ccc(Br)c(C)c1-c1ccon1. The normalized spacial score (nSPS) is 10.6. The Bertz CT molecular complexity index is 468. The molecule has 1 aromatic carbocycles. The Kier molecular flexibility index (Phi) is 3.17. The molecule has 0 aliphatic heterocycles. The lowest BCUT2D eigenvalue weighted by Crippen LogP contribution is -1.88. The summed E-state index contributed by atoms with van der Waals surface area (Å²) in [4.78, 5) is 1.21. The number of aromatic nitrogens is 1. The van der Waals surface area contributed by atoms with Gasteiger partial charge in [-0.15, -0.1) is 11.8 Å². The van der Waals surface area contributed by atoms with Gasteiger partial charge in [-0.25, -0.2) is 0 Å². The minimum absolute atomic E-state index is 0.887. The van der Waals surface area contributed by atoms with E-state index in [1.807, 2.05) is 6.07 Å². The van der Waals surface area contributed by atoms with Crippen LogP contribution in [-0.4, -0.2) is 11.4 Å². The lowest BCUT2D eigenvalue weighted by Gasteiger charge is -2.09. The third kappa shape index (κ3) is 1.96. The second kappa shape index (κ2) is 4.41. The highest BCUT2D eigenvalue weighted by molar-refractivity contribution is 9.10. The topological polar surface area (TPSA) is 26.0 Å². The van der Waals surface area contributed by atoms with Gasteiger partial charge in [0.15, 0.2) is 0 Å². The number of hydrogen-bond acceptors (Lipinski definition) is 3. The molecule has 0 aliphatic carbocycles. The second-order valence-corrected chi connectivity index (χ2v) is 4.84. The Hall–Kier alpha value is -0.740. The molecular formula is C11H10BrNOS. The first-order valence-electron chi connectivity index (χ1n) is 4.48. The number of nitrogens with zero attached hydrogens (tertiary/aromatic N) is 1. The van der Waals surface area contributed by atoms with Crippen LogP contribution in [-0.2, 0) is 0 Å². The van der Waals surface area contributed by atoms with Crippen LogP contribution < -0.4 is 0 Å². The molecule has 0 radical (unpaired) electrons. The first-order chi connectivity index (χ1) is 7.24. The number of halogens is 1. The van der Waals surface area contributed by atoms with Crippen LogP contribution in [0.15, 0.2) is 38.4 Å². The lowest BCUT2D eigenvalue weighted by atomic mass is 10.1. The third-order valence-electron chi connectivity index (χ3n) is 2.27. The quantitative estimate of drug-likeness (QED) is 0.775. The molecule has 0 unspecified atom stereocenters. The standard InChI is InChI=1S/C11H10BrNOS/c1-7-8(12)3-4-10(15-2)11(7)9-5-6-14-13-9/h3-6H,1-2H3. The monoisotopic (exact) mass is 283 g/mol. The predicted molar refractivity (Wildman–Crippen MR) is 66.2 cm³/mol. The van der Waals surface area contributed by atoms with Crippen LogP contribution in [0, 0.1) is 6.92 Å². The summed E-state index contributed by atoms with van der Waals surface area (Å²) in [5, 5.41) is 3.99. The molecule has 0 bridgehead atoms. The minimum atomic E-state index is 0.887. The van der Waals surface area contributed by atoms with E-state index in [0.717, 1.165) is 15.7 Å². The van der Waals surface area contributed by atoms with Crippen LogP contribution >= 0.6 is 27.7 Å². The number of thioether (sulfide) groups is 1. The van der Waals surface area contributed by atoms with Gasteiger partial charge < -0.3 is 4.52 Å². The van der Waals surface area contributed by atoms with E-state index in [2.05, 4.69) is 46.4 Å². The van der Waals surface area contributed by atoms with Gasteiger partial charge in [-0.05, 0) is 30.9 Å².